The van der Waals surface area contributed by atoms with Crippen molar-refractivity contribution in [1.82, 2.24) is 10.4 Å². The second kappa shape index (κ2) is 7.43. The molecule has 1 N–H and O–H groups in total. The maximum absolute atomic E-state index is 11.9. The molecule has 0 fully saturated rings. The Labute approximate surface area is 148 Å². The first-order valence-corrected chi connectivity index (χ1v) is 7.60. The molecule has 3 rings (SSSR count). The molecule has 0 aliphatic rings. The van der Waals surface area contributed by atoms with Crippen LogP contribution in [0.5, 0.6) is 0 Å². The standard InChI is InChI=1S/C18H11ClN4O2/c19-17-15(6-3-9-21-17)18(24)23-22-11-13-7-8-16(25-13)14-5-2-1-4-12(14)10-20/h1-9,11H,(H,23,24). The molecule has 25 heavy (non-hydrogen) atoms. The number of benzene rings is 1. The number of hydrogen-bond donors (Lipinski definition) is 1. The minimum atomic E-state index is -0.476. The number of hydrogen-bond acceptors (Lipinski definition) is 5. The van der Waals surface area contributed by atoms with Crippen molar-refractivity contribution in [2.75, 3.05) is 0 Å². The summed E-state index contributed by atoms with van der Waals surface area (Å²) in [6, 6.07) is 15.8. The second-order valence-corrected chi connectivity index (χ2v) is 5.26. The average Bonchev–Trinajstić information content (AvgIpc) is 3.10. The number of rotatable bonds is 4. The van der Waals surface area contributed by atoms with E-state index in [4.69, 9.17) is 21.3 Å². The predicted octanol–water partition coefficient (Wildman–Crippen LogP) is 3.63. The minimum Gasteiger partial charge on any atom is -0.455 e. The molecule has 0 spiro atoms. The van der Waals surface area contributed by atoms with E-state index in [0.29, 0.717) is 22.6 Å². The molecule has 0 unspecified atom stereocenters. The minimum absolute atomic E-state index is 0.101. The first-order valence-electron chi connectivity index (χ1n) is 7.22. The summed E-state index contributed by atoms with van der Waals surface area (Å²) >= 11 is 5.85. The lowest BCUT2D eigenvalue weighted by Crippen LogP contribution is -2.18. The fourth-order valence-corrected chi connectivity index (χ4v) is 2.34. The summed E-state index contributed by atoms with van der Waals surface area (Å²) < 4.78 is 5.63. The zero-order valence-corrected chi connectivity index (χ0v) is 13.6. The Balaban J connectivity index is 1.72. The summed E-state index contributed by atoms with van der Waals surface area (Å²) in [7, 11) is 0. The van der Waals surface area contributed by atoms with E-state index in [1.165, 1.54) is 12.4 Å². The highest BCUT2D eigenvalue weighted by molar-refractivity contribution is 6.32. The highest BCUT2D eigenvalue weighted by atomic mass is 35.5. The van der Waals surface area contributed by atoms with Crippen LogP contribution in [-0.2, 0) is 0 Å². The zero-order valence-electron chi connectivity index (χ0n) is 12.8. The third-order valence-electron chi connectivity index (χ3n) is 3.30. The third-order valence-corrected chi connectivity index (χ3v) is 3.60. The van der Waals surface area contributed by atoms with Gasteiger partial charge in [-0.15, -0.1) is 0 Å². The van der Waals surface area contributed by atoms with E-state index in [-0.39, 0.29) is 10.7 Å². The van der Waals surface area contributed by atoms with E-state index in [2.05, 4.69) is 21.6 Å². The van der Waals surface area contributed by atoms with Crippen molar-refractivity contribution in [3.8, 4) is 17.4 Å². The Morgan fingerprint density at radius 1 is 1.24 bits per heavy atom. The molecule has 6 nitrogen and oxygen atoms in total. The summed E-state index contributed by atoms with van der Waals surface area (Å²) in [5.74, 6) is 0.497. The summed E-state index contributed by atoms with van der Waals surface area (Å²) in [6.07, 6.45) is 2.85. The van der Waals surface area contributed by atoms with Crippen molar-refractivity contribution in [2.24, 2.45) is 5.10 Å². The molecule has 1 aromatic carbocycles. The molecule has 0 bridgehead atoms. The maximum atomic E-state index is 11.9. The van der Waals surface area contributed by atoms with Crippen molar-refractivity contribution in [1.29, 1.82) is 5.26 Å². The van der Waals surface area contributed by atoms with Gasteiger partial charge in [-0.05, 0) is 36.4 Å². The van der Waals surface area contributed by atoms with Gasteiger partial charge < -0.3 is 4.42 Å². The maximum Gasteiger partial charge on any atom is 0.274 e. The van der Waals surface area contributed by atoms with E-state index < -0.39 is 5.91 Å². The molecule has 0 radical (unpaired) electrons. The second-order valence-electron chi connectivity index (χ2n) is 4.90. The zero-order chi connectivity index (χ0) is 17.6. The number of halogens is 1. The molecular formula is C18H11ClN4O2. The van der Waals surface area contributed by atoms with Crippen molar-refractivity contribution < 1.29 is 9.21 Å². The normalized spacial score (nSPS) is 10.6. The summed E-state index contributed by atoms with van der Waals surface area (Å²) in [6.45, 7) is 0. The van der Waals surface area contributed by atoms with E-state index in [1.807, 2.05) is 6.07 Å². The van der Waals surface area contributed by atoms with Crippen LogP contribution in [-0.4, -0.2) is 17.1 Å². The Hall–Kier alpha value is -3.43. The van der Waals surface area contributed by atoms with E-state index >= 15 is 0 Å². The lowest BCUT2D eigenvalue weighted by Gasteiger charge is -2.00. The molecule has 0 saturated heterocycles. The fourth-order valence-electron chi connectivity index (χ4n) is 2.13. The molecular weight excluding hydrogens is 340 g/mol. The van der Waals surface area contributed by atoms with Crippen LogP contribution in [0.2, 0.25) is 5.15 Å². The van der Waals surface area contributed by atoms with Gasteiger partial charge in [-0.1, -0.05) is 23.7 Å². The summed E-state index contributed by atoms with van der Waals surface area (Å²) in [4.78, 5) is 15.8. The van der Waals surface area contributed by atoms with Gasteiger partial charge in [0.15, 0.2) is 0 Å². The number of nitrogens with zero attached hydrogens (tertiary/aromatic N) is 3. The van der Waals surface area contributed by atoms with Crippen molar-refractivity contribution in [2.45, 2.75) is 0 Å². The van der Waals surface area contributed by atoms with Crippen LogP contribution in [0.15, 0.2) is 64.2 Å². The van der Waals surface area contributed by atoms with E-state index in [9.17, 15) is 4.79 Å². The van der Waals surface area contributed by atoms with Crippen LogP contribution in [0.3, 0.4) is 0 Å². The number of hydrazone groups is 1. The molecule has 122 valence electrons. The van der Waals surface area contributed by atoms with Gasteiger partial charge in [0, 0.05) is 11.8 Å². The highest BCUT2D eigenvalue weighted by Crippen LogP contribution is 2.24. The monoisotopic (exact) mass is 350 g/mol. The van der Waals surface area contributed by atoms with Gasteiger partial charge in [0.2, 0.25) is 0 Å². The Morgan fingerprint density at radius 2 is 2.08 bits per heavy atom. The lowest BCUT2D eigenvalue weighted by atomic mass is 10.1. The van der Waals surface area contributed by atoms with E-state index in [0.717, 1.165) is 0 Å². The van der Waals surface area contributed by atoms with Gasteiger partial charge in [-0.2, -0.15) is 10.4 Å². The first kappa shape index (κ1) is 16.4. The molecule has 2 heterocycles. The van der Waals surface area contributed by atoms with Crippen LogP contribution in [0.1, 0.15) is 21.7 Å². The summed E-state index contributed by atoms with van der Waals surface area (Å²) in [5, 5.41) is 13.1. The van der Waals surface area contributed by atoms with Gasteiger partial charge in [0.25, 0.3) is 5.91 Å². The molecule has 0 aliphatic heterocycles. The van der Waals surface area contributed by atoms with Crippen molar-refractivity contribution >= 4 is 23.7 Å². The van der Waals surface area contributed by atoms with Gasteiger partial charge in [-0.25, -0.2) is 10.4 Å². The number of aromatic nitrogens is 1. The van der Waals surface area contributed by atoms with Gasteiger partial charge in [-0.3, -0.25) is 4.79 Å². The molecule has 7 heteroatoms. The van der Waals surface area contributed by atoms with Crippen LogP contribution < -0.4 is 5.43 Å². The average molecular weight is 351 g/mol. The lowest BCUT2D eigenvalue weighted by molar-refractivity contribution is 0.0955. The first-order chi connectivity index (χ1) is 12.2. The number of pyridine rings is 1. The van der Waals surface area contributed by atoms with Crippen molar-refractivity contribution in [3.05, 3.63) is 76.8 Å². The van der Waals surface area contributed by atoms with Gasteiger partial charge >= 0.3 is 0 Å². The molecule has 0 aliphatic carbocycles. The Morgan fingerprint density at radius 3 is 2.88 bits per heavy atom. The smallest absolute Gasteiger partial charge is 0.274 e. The predicted molar refractivity (Wildman–Crippen MR) is 93.2 cm³/mol. The third kappa shape index (κ3) is 3.74. The number of amides is 1. The van der Waals surface area contributed by atoms with Crippen molar-refractivity contribution in [3.63, 3.8) is 0 Å². The van der Waals surface area contributed by atoms with Gasteiger partial charge in [0.1, 0.15) is 16.7 Å². The summed E-state index contributed by atoms with van der Waals surface area (Å²) in [5.41, 5.74) is 3.78. The molecule has 1 amide bonds. The number of carbonyl (C=O) groups excluding carboxylic acids is 1. The molecule has 0 saturated carbocycles. The molecule has 3 aromatic rings. The number of carbonyl (C=O) groups is 1. The number of nitrogens with one attached hydrogen (secondary N) is 1. The Kier molecular flexibility index (Phi) is 4.88. The number of nitriles is 1. The molecule has 2 aromatic heterocycles. The number of furan rings is 1. The quantitative estimate of drug-likeness (QED) is 0.442. The van der Waals surface area contributed by atoms with Gasteiger partial charge in [0.05, 0.1) is 23.4 Å². The largest absolute Gasteiger partial charge is 0.455 e. The van der Waals surface area contributed by atoms with Crippen LogP contribution in [0, 0.1) is 11.3 Å². The molecule has 0 atom stereocenters. The fraction of sp³-hybridized carbons (Fsp3) is 0. The van der Waals surface area contributed by atoms with Crippen LogP contribution in [0.4, 0.5) is 0 Å². The highest BCUT2D eigenvalue weighted by Gasteiger charge is 2.10. The Bertz CT molecular complexity index is 988. The SMILES string of the molecule is N#Cc1ccccc1-c1ccc(C=NNC(=O)c2cccnc2Cl)o1. The van der Waals surface area contributed by atoms with Crippen LogP contribution >= 0.6 is 11.6 Å². The van der Waals surface area contributed by atoms with E-state index in [1.54, 1.807) is 42.5 Å². The van der Waals surface area contributed by atoms with Crippen LogP contribution in [0.25, 0.3) is 11.3 Å². The topological polar surface area (TPSA) is 91.3 Å².